The second-order valence-corrected chi connectivity index (χ2v) is 4.86. The number of anilines is 1. The molecule has 1 atom stereocenters. The first kappa shape index (κ1) is 15.0. The van der Waals surface area contributed by atoms with Crippen LogP contribution in [0.4, 0.5) is 23.5 Å². The van der Waals surface area contributed by atoms with E-state index in [0.717, 1.165) is 6.20 Å². The predicted octanol–water partition coefficient (Wildman–Crippen LogP) is 2.62. The number of nitrogens with zero attached hydrogens (tertiary/aromatic N) is 4. The van der Waals surface area contributed by atoms with Crippen molar-refractivity contribution < 1.29 is 17.6 Å². The second kappa shape index (κ2) is 4.87. The van der Waals surface area contributed by atoms with Gasteiger partial charge in [-0.1, -0.05) is 13.8 Å². The van der Waals surface area contributed by atoms with Crippen LogP contribution in [0.25, 0.3) is 5.52 Å². The lowest BCUT2D eigenvalue weighted by molar-refractivity contribution is -0.160. The van der Waals surface area contributed by atoms with E-state index in [4.69, 9.17) is 11.0 Å². The van der Waals surface area contributed by atoms with Crippen LogP contribution in [0.2, 0.25) is 0 Å². The fourth-order valence-electron chi connectivity index (χ4n) is 2.29. The van der Waals surface area contributed by atoms with Gasteiger partial charge in [-0.3, -0.25) is 0 Å². The van der Waals surface area contributed by atoms with E-state index in [-0.39, 0.29) is 11.5 Å². The molecule has 0 fully saturated rings. The first-order chi connectivity index (χ1) is 9.68. The third-order valence-corrected chi connectivity index (χ3v) is 3.10. The zero-order chi connectivity index (χ0) is 15.9. The topological polar surface area (TPSA) is 80.0 Å². The zero-order valence-corrected chi connectivity index (χ0v) is 11.1. The minimum Gasteiger partial charge on any atom is -0.367 e. The minimum atomic E-state index is -4.65. The molecule has 0 amide bonds. The number of hydrogen-bond acceptors (Lipinski definition) is 4. The van der Waals surface area contributed by atoms with Crippen molar-refractivity contribution in [2.45, 2.75) is 25.9 Å². The number of alkyl halides is 3. The highest BCUT2D eigenvalue weighted by molar-refractivity contribution is 5.58. The van der Waals surface area contributed by atoms with Gasteiger partial charge >= 0.3 is 6.18 Å². The molecular weight excluding hydrogens is 290 g/mol. The van der Waals surface area contributed by atoms with Crippen LogP contribution in [0, 0.1) is 23.1 Å². The molecule has 1 unspecified atom stereocenters. The van der Waals surface area contributed by atoms with Gasteiger partial charge in [-0.2, -0.15) is 18.4 Å². The monoisotopic (exact) mass is 301 g/mol. The summed E-state index contributed by atoms with van der Waals surface area (Å²) in [6, 6.07) is 1.48. The van der Waals surface area contributed by atoms with E-state index in [1.54, 1.807) is 0 Å². The van der Waals surface area contributed by atoms with E-state index in [9.17, 15) is 17.6 Å². The Morgan fingerprint density at radius 3 is 2.48 bits per heavy atom. The van der Waals surface area contributed by atoms with Crippen molar-refractivity contribution in [3.63, 3.8) is 0 Å². The molecule has 0 aliphatic heterocycles. The standard InChI is InChI=1S/C12H11F4N5/c1-5(2)8(12(14,15)16)10-6(3-17)9(13)7-4-19-11(18)20-21(7)10/h4-5,8H,1-2H3,(H2,18,20). The lowest BCUT2D eigenvalue weighted by Gasteiger charge is -2.23. The summed E-state index contributed by atoms with van der Waals surface area (Å²) >= 11 is 0. The molecule has 0 aliphatic rings. The third-order valence-electron chi connectivity index (χ3n) is 3.10. The number of rotatable bonds is 2. The Morgan fingerprint density at radius 1 is 1.38 bits per heavy atom. The van der Waals surface area contributed by atoms with E-state index in [2.05, 4.69) is 10.1 Å². The number of aromatic nitrogens is 3. The van der Waals surface area contributed by atoms with Gasteiger partial charge in [0.05, 0.1) is 11.9 Å². The van der Waals surface area contributed by atoms with Crippen molar-refractivity contribution in [2.24, 2.45) is 5.92 Å². The molecule has 2 aromatic rings. The molecule has 0 saturated carbocycles. The van der Waals surface area contributed by atoms with Crippen molar-refractivity contribution >= 4 is 11.5 Å². The highest BCUT2D eigenvalue weighted by Gasteiger charge is 2.46. The molecular formula is C12H11F4N5. The average molecular weight is 301 g/mol. The molecule has 0 aliphatic carbocycles. The maximum Gasteiger partial charge on any atom is 0.397 e. The van der Waals surface area contributed by atoms with Crippen LogP contribution < -0.4 is 5.73 Å². The van der Waals surface area contributed by atoms with Crippen molar-refractivity contribution in [2.75, 3.05) is 5.73 Å². The van der Waals surface area contributed by atoms with Crippen molar-refractivity contribution in [1.29, 1.82) is 5.26 Å². The maximum atomic E-state index is 14.1. The number of hydrogen-bond donors (Lipinski definition) is 1. The third kappa shape index (κ3) is 2.37. The van der Waals surface area contributed by atoms with Crippen molar-refractivity contribution in [3.8, 4) is 6.07 Å². The molecule has 0 spiro atoms. The molecule has 21 heavy (non-hydrogen) atoms. The zero-order valence-electron chi connectivity index (χ0n) is 11.1. The lowest BCUT2D eigenvalue weighted by Crippen LogP contribution is -2.28. The van der Waals surface area contributed by atoms with Crippen molar-refractivity contribution in [1.82, 2.24) is 14.6 Å². The molecule has 9 heteroatoms. The maximum absolute atomic E-state index is 14.1. The number of halogens is 4. The first-order valence-electron chi connectivity index (χ1n) is 5.97. The number of nitrogens with two attached hydrogens (primary N) is 1. The molecule has 112 valence electrons. The van der Waals surface area contributed by atoms with E-state index in [1.807, 2.05) is 0 Å². The number of fused-ring (bicyclic) bond motifs is 1. The summed E-state index contributed by atoms with van der Waals surface area (Å²) in [4.78, 5) is 3.54. The van der Waals surface area contributed by atoms with Gasteiger partial charge in [0.1, 0.15) is 23.1 Å². The summed E-state index contributed by atoms with van der Waals surface area (Å²) in [7, 11) is 0. The Hall–Kier alpha value is -2.37. The van der Waals surface area contributed by atoms with Crippen LogP contribution in [0.15, 0.2) is 6.20 Å². The fourth-order valence-corrected chi connectivity index (χ4v) is 2.29. The number of nitriles is 1. The molecule has 0 aromatic carbocycles. The van der Waals surface area contributed by atoms with Gasteiger partial charge in [0.15, 0.2) is 5.82 Å². The highest BCUT2D eigenvalue weighted by atomic mass is 19.4. The van der Waals surface area contributed by atoms with Gasteiger partial charge in [0.25, 0.3) is 0 Å². The smallest absolute Gasteiger partial charge is 0.367 e. The van der Waals surface area contributed by atoms with E-state index in [0.29, 0.717) is 4.52 Å². The molecule has 5 nitrogen and oxygen atoms in total. The Balaban J connectivity index is 2.90. The van der Waals surface area contributed by atoms with Crippen LogP contribution in [0.1, 0.15) is 31.0 Å². The second-order valence-electron chi connectivity index (χ2n) is 4.86. The largest absolute Gasteiger partial charge is 0.397 e. The molecule has 2 heterocycles. The summed E-state index contributed by atoms with van der Waals surface area (Å²) in [6.07, 6.45) is -3.70. The Labute approximate surface area is 117 Å². The molecule has 0 saturated heterocycles. The van der Waals surface area contributed by atoms with Crippen molar-refractivity contribution in [3.05, 3.63) is 23.3 Å². The van der Waals surface area contributed by atoms with E-state index < -0.39 is 35.1 Å². The van der Waals surface area contributed by atoms with E-state index in [1.165, 1.54) is 19.9 Å². The molecule has 0 bridgehead atoms. The Bertz CT molecular complexity index is 726. The first-order valence-corrected chi connectivity index (χ1v) is 5.97. The predicted molar refractivity (Wildman–Crippen MR) is 65.7 cm³/mol. The lowest BCUT2D eigenvalue weighted by atomic mass is 9.90. The summed E-state index contributed by atoms with van der Waals surface area (Å²) in [5, 5.41) is 12.6. The van der Waals surface area contributed by atoms with Crippen LogP contribution in [-0.4, -0.2) is 20.8 Å². The van der Waals surface area contributed by atoms with Crippen LogP contribution in [-0.2, 0) is 0 Å². The van der Waals surface area contributed by atoms with Gasteiger partial charge in [0, 0.05) is 0 Å². The molecule has 2 aromatic heterocycles. The Morgan fingerprint density at radius 2 is 2.00 bits per heavy atom. The fraction of sp³-hybridized carbons (Fsp3) is 0.417. The minimum absolute atomic E-state index is 0.312. The van der Waals surface area contributed by atoms with E-state index >= 15 is 0 Å². The van der Waals surface area contributed by atoms with Crippen LogP contribution in [0.3, 0.4) is 0 Å². The van der Waals surface area contributed by atoms with Gasteiger partial charge < -0.3 is 5.73 Å². The van der Waals surface area contributed by atoms with Gasteiger partial charge in [-0.05, 0) is 5.92 Å². The summed E-state index contributed by atoms with van der Waals surface area (Å²) in [5.74, 6) is -4.35. The van der Waals surface area contributed by atoms with Gasteiger partial charge in [-0.15, -0.1) is 5.10 Å². The molecule has 2 N–H and O–H groups in total. The number of nitrogen functional groups attached to an aromatic ring is 1. The van der Waals surface area contributed by atoms with Crippen LogP contribution in [0.5, 0.6) is 0 Å². The van der Waals surface area contributed by atoms with Crippen LogP contribution >= 0.6 is 0 Å². The summed E-state index contributed by atoms with van der Waals surface area (Å²) in [6.45, 7) is 2.67. The molecule has 2 rings (SSSR count). The quantitative estimate of drug-likeness (QED) is 0.865. The SMILES string of the molecule is CC(C)C(c1c(C#N)c(F)c2cnc(N)nn12)C(F)(F)F. The highest BCUT2D eigenvalue weighted by Crippen LogP contribution is 2.42. The van der Waals surface area contributed by atoms with Gasteiger partial charge in [-0.25, -0.2) is 13.9 Å². The Kier molecular flexibility index (Phi) is 3.49. The summed E-state index contributed by atoms with van der Waals surface area (Å²) in [5.41, 5.74) is 3.79. The summed E-state index contributed by atoms with van der Waals surface area (Å²) < 4.78 is 54.7. The molecule has 0 radical (unpaired) electrons. The normalized spacial score (nSPS) is 13.6. The van der Waals surface area contributed by atoms with Gasteiger partial charge in [0.2, 0.25) is 5.95 Å². The average Bonchev–Trinajstić information content (AvgIpc) is 2.60.